The molecule has 1 N–H and O–H groups in total. The van der Waals surface area contributed by atoms with Gasteiger partial charge in [0.25, 0.3) is 0 Å². The Balaban J connectivity index is 2.15. The lowest BCUT2D eigenvalue weighted by Crippen LogP contribution is -2.43. The fraction of sp³-hybridized carbons (Fsp3) is 0.647. The number of nitrogens with zero attached hydrogens (tertiary/aromatic N) is 1. The third-order valence-electron chi connectivity index (χ3n) is 4.16. The van der Waals surface area contributed by atoms with E-state index in [0.29, 0.717) is 5.92 Å². The molecule has 1 aromatic carbocycles. The van der Waals surface area contributed by atoms with Gasteiger partial charge in [-0.2, -0.15) is 0 Å². The lowest BCUT2D eigenvalue weighted by molar-refractivity contribution is -0.0295. The number of aliphatic hydroxyl groups is 1. The number of likely N-dealkylation sites (tertiary alicyclic amines) is 1. The van der Waals surface area contributed by atoms with Gasteiger partial charge in [-0.3, -0.25) is 0 Å². The van der Waals surface area contributed by atoms with Crippen molar-refractivity contribution in [3.63, 3.8) is 0 Å². The molecule has 0 atom stereocenters. The van der Waals surface area contributed by atoms with Crippen molar-refractivity contribution < 1.29 is 9.84 Å². The minimum atomic E-state index is -0.745. The molecule has 0 saturated carbocycles. The summed E-state index contributed by atoms with van der Waals surface area (Å²) in [6.07, 6.45) is 1.55. The number of aryl methyl sites for hydroxylation is 1. The van der Waals surface area contributed by atoms with Crippen LogP contribution in [0.2, 0.25) is 0 Å². The molecule has 3 nitrogen and oxygen atoms in total. The summed E-state index contributed by atoms with van der Waals surface area (Å²) >= 11 is 0. The van der Waals surface area contributed by atoms with Gasteiger partial charge >= 0.3 is 0 Å². The summed E-state index contributed by atoms with van der Waals surface area (Å²) in [6, 6.07) is 6.06. The van der Waals surface area contributed by atoms with Crippen LogP contribution in [0.3, 0.4) is 0 Å². The Bertz CT molecular complexity index is 448. The van der Waals surface area contributed by atoms with Gasteiger partial charge in [-0.1, -0.05) is 25.5 Å². The lowest BCUT2D eigenvalue weighted by Gasteiger charge is -2.39. The van der Waals surface area contributed by atoms with Crippen LogP contribution in [0.25, 0.3) is 0 Å². The second-order valence-corrected chi connectivity index (χ2v) is 6.43. The van der Waals surface area contributed by atoms with Crippen LogP contribution < -0.4 is 4.74 Å². The van der Waals surface area contributed by atoms with E-state index < -0.39 is 5.60 Å². The molecule has 1 aliphatic rings. The molecular weight excluding hydrogens is 250 g/mol. The van der Waals surface area contributed by atoms with Crippen LogP contribution in [-0.4, -0.2) is 36.8 Å². The van der Waals surface area contributed by atoms with Gasteiger partial charge in [0.05, 0.1) is 12.7 Å². The number of hydrogen-bond donors (Lipinski definition) is 1. The maximum absolute atomic E-state index is 11.0. The van der Waals surface area contributed by atoms with Crippen LogP contribution in [0, 0.1) is 12.8 Å². The number of piperidine rings is 1. The van der Waals surface area contributed by atoms with Gasteiger partial charge in [0, 0.05) is 25.2 Å². The summed E-state index contributed by atoms with van der Waals surface area (Å²) in [5.74, 6) is 1.48. The molecule has 0 radical (unpaired) electrons. The highest BCUT2D eigenvalue weighted by Gasteiger charge is 2.36. The Morgan fingerprint density at radius 1 is 1.30 bits per heavy atom. The summed E-state index contributed by atoms with van der Waals surface area (Å²) in [6.45, 7) is 9.55. The standard InChI is InChI=1S/C17H27NO2/c1-13(2)12-18-9-7-17(19,8-10-18)15-11-14(3)5-6-16(15)20-4/h5-6,11,13,19H,7-10,12H2,1-4H3. The van der Waals surface area contributed by atoms with E-state index >= 15 is 0 Å². The predicted octanol–water partition coefficient (Wildman–Crippen LogP) is 2.94. The van der Waals surface area contributed by atoms with Crippen LogP contribution in [0.1, 0.15) is 37.8 Å². The zero-order valence-corrected chi connectivity index (χ0v) is 13.1. The molecule has 0 spiro atoms. The summed E-state index contributed by atoms with van der Waals surface area (Å²) < 4.78 is 5.44. The van der Waals surface area contributed by atoms with Gasteiger partial charge in [0.2, 0.25) is 0 Å². The molecule has 20 heavy (non-hydrogen) atoms. The van der Waals surface area contributed by atoms with E-state index in [2.05, 4.69) is 31.7 Å². The fourth-order valence-corrected chi connectivity index (χ4v) is 3.08. The molecule has 0 aromatic heterocycles. The van der Waals surface area contributed by atoms with Crippen molar-refractivity contribution in [2.75, 3.05) is 26.7 Å². The van der Waals surface area contributed by atoms with Crippen molar-refractivity contribution in [3.8, 4) is 5.75 Å². The van der Waals surface area contributed by atoms with Gasteiger partial charge in [0.15, 0.2) is 0 Å². The maximum atomic E-state index is 11.0. The SMILES string of the molecule is COc1ccc(C)cc1C1(O)CCN(CC(C)C)CC1. The quantitative estimate of drug-likeness (QED) is 0.918. The Morgan fingerprint density at radius 3 is 2.50 bits per heavy atom. The highest BCUT2D eigenvalue weighted by molar-refractivity contribution is 5.41. The first-order valence-electron chi connectivity index (χ1n) is 7.54. The molecule has 0 unspecified atom stereocenters. The zero-order chi connectivity index (χ0) is 14.8. The van der Waals surface area contributed by atoms with Crippen molar-refractivity contribution in [2.24, 2.45) is 5.92 Å². The largest absolute Gasteiger partial charge is 0.496 e. The molecule has 1 heterocycles. The average Bonchev–Trinajstić information content (AvgIpc) is 2.41. The normalized spacial score (nSPS) is 19.3. The van der Waals surface area contributed by atoms with Gasteiger partial charge in [-0.15, -0.1) is 0 Å². The first-order chi connectivity index (χ1) is 9.44. The fourth-order valence-electron chi connectivity index (χ4n) is 3.08. The van der Waals surface area contributed by atoms with Gasteiger partial charge in [-0.25, -0.2) is 0 Å². The maximum Gasteiger partial charge on any atom is 0.124 e. The molecule has 0 aliphatic carbocycles. The Hall–Kier alpha value is -1.06. The molecule has 1 fully saturated rings. The molecule has 1 aromatic rings. The molecule has 3 heteroatoms. The topological polar surface area (TPSA) is 32.7 Å². The van der Waals surface area contributed by atoms with E-state index in [1.807, 2.05) is 12.1 Å². The molecule has 112 valence electrons. The Labute approximate surface area is 122 Å². The highest BCUT2D eigenvalue weighted by atomic mass is 16.5. The van der Waals surface area contributed by atoms with Crippen molar-refractivity contribution in [1.82, 2.24) is 4.90 Å². The third kappa shape index (κ3) is 3.33. The summed E-state index contributed by atoms with van der Waals surface area (Å²) in [5, 5.41) is 11.0. The van der Waals surface area contributed by atoms with Gasteiger partial charge < -0.3 is 14.7 Å². The molecule has 0 amide bonds. The Morgan fingerprint density at radius 2 is 1.95 bits per heavy atom. The van der Waals surface area contributed by atoms with E-state index in [1.54, 1.807) is 7.11 Å². The van der Waals surface area contributed by atoms with E-state index in [9.17, 15) is 5.11 Å². The van der Waals surface area contributed by atoms with Crippen LogP contribution in [0.5, 0.6) is 5.75 Å². The number of rotatable bonds is 4. The van der Waals surface area contributed by atoms with E-state index in [0.717, 1.165) is 43.8 Å². The van der Waals surface area contributed by atoms with E-state index in [-0.39, 0.29) is 0 Å². The smallest absolute Gasteiger partial charge is 0.124 e. The molecule has 1 aliphatic heterocycles. The average molecular weight is 277 g/mol. The number of methoxy groups -OCH3 is 1. The summed E-state index contributed by atoms with van der Waals surface area (Å²) in [5.41, 5.74) is 1.37. The van der Waals surface area contributed by atoms with Crippen molar-refractivity contribution in [3.05, 3.63) is 29.3 Å². The summed E-state index contributed by atoms with van der Waals surface area (Å²) in [4.78, 5) is 2.45. The first kappa shape index (κ1) is 15.3. The molecule has 1 saturated heterocycles. The minimum absolute atomic E-state index is 0.676. The van der Waals surface area contributed by atoms with Gasteiger partial charge in [-0.05, 0) is 37.8 Å². The van der Waals surface area contributed by atoms with Crippen molar-refractivity contribution in [1.29, 1.82) is 0 Å². The number of benzene rings is 1. The lowest BCUT2D eigenvalue weighted by atomic mass is 9.83. The Kier molecular flexibility index (Phi) is 4.71. The van der Waals surface area contributed by atoms with Crippen LogP contribution in [-0.2, 0) is 5.60 Å². The molecular formula is C17H27NO2. The first-order valence-corrected chi connectivity index (χ1v) is 7.54. The zero-order valence-electron chi connectivity index (χ0n) is 13.1. The van der Waals surface area contributed by atoms with E-state index in [4.69, 9.17) is 4.74 Å². The van der Waals surface area contributed by atoms with E-state index in [1.165, 1.54) is 5.56 Å². The molecule has 2 rings (SSSR count). The van der Waals surface area contributed by atoms with Crippen molar-refractivity contribution >= 4 is 0 Å². The second-order valence-electron chi connectivity index (χ2n) is 6.43. The molecule has 0 bridgehead atoms. The highest BCUT2D eigenvalue weighted by Crippen LogP contribution is 2.38. The number of hydrogen-bond acceptors (Lipinski definition) is 3. The summed E-state index contributed by atoms with van der Waals surface area (Å²) in [7, 11) is 1.67. The third-order valence-corrected chi connectivity index (χ3v) is 4.16. The van der Waals surface area contributed by atoms with Gasteiger partial charge in [0.1, 0.15) is 5.75 Å². The number of ether oxygens (including phenoxy) is 1. The van der Waals surface area contributed by atoms with Crippen LogP contribution in [0.4, 0.5) is 0 Å². The predicted molar refractivity (Wildman–Crippen MR) is 82.1 cm³/mol. The minimum Gasteiger partial charge on any atom is -0.496 e. The van der Waals surface area contributed by atoms with Crippen molar-refractivity contribution in [2.45, 2.75) is 39.2 Å². The monoisotopic (exact) mass is 277 g/mol. The van der Waals surface area contributed by atoms with Crippen LogP contribution in [0.15, 0.2) is 18.2 Å². The second kappa shape index (κ2) is 6.15. The van der Waals surface area contributed by atoms with Crippen LogP contribution >= 0.6 is 0 Å².